The fraction of sp³-hybridized carbons (Fsp3) is 0.800. The van der Waals surface area contributed by atoms with Crippen LogP contribution in [0, 0.1) is 0 Å². The second-order valence-electron chi connectivity index (χ2n) is 4.46. The molecule has 6 heteroatoms. The molecule has 1 spiro atoms. The van der Waals surface area contributed by atoms with Crippen molar-refractivity contribution in [2.45, 2.75) is 49.3 Å². The van der Waals surface area contributed by atoms with E-state index in [4.69, 9.17) is 11.6 Å². The Hall–Kier alpha value is -0.840. The average Bonchev–Trinajstić information content (AvgIpc) is 2.18. The molecule has 16 heavy (non-hydrogen) atoms. The molecule has 90 valence electrons. The maximum absolute atomic E-state index is 12.6. The van der Waals surface area contributed by atoms with E-state index in [1.54, 1.807) is 0 Å². The van der Waals surface area contributed by atoms with Gasteiger partial charge in [-0.25, -0.2) is 4.39 Å². The van der Waals surface area contributed by atoms with Crippen LogP contribution in [0.5, 0.6) is 0 Å². The molecular weight excluding hydrogens is 235 g/mol. The van der Waals surface area contributed by atoms with Crippen molar-refractivity contribution in [3.05, 3.63) is 0 Å². The molecule has 1 aliphatic carbocycles. The molecule has 0 radical (unpaired) electrons. The number of alkyl halides is 2. The molecule has 0 aromatic carbocycles. The molecule has 2 rings (SSSR count). The van der Waals surface area contributed by atoms with Gasteiger partial charge in [-0.15, -0.1) is 0 Å². The van der Waals surface area contributed by atoms with Crippen LogP contribution in [0.1, 0.15) is 32.1 Å². The summed E-state index contributed by atoms with van der Waals surface area (Å²) < 4.78 is 12.6. The van der Waals surface area contributed by atoms with Crippen molar-refractivity contribution in [2.24, 2.45) is 0 Å². The summed E-state index contributed by atoms with van der Waals surface area (Å²) in [4.78, 5) is 22.5. The maximum Gasteiger partial charge on any atom is 0.270 e. The molecule has 1 saturated heterocycles. The molecule has 2 unspecified atom stereocenters. The Morgan fingerprint density at radius 1 is 1.62 bits per heavy atom. The van der Waals surface area contributed by atoms with Crippen LogP contribution in [0.4, 0.5) is 4.39 Å². The van der Waals surface area contributed by atoms with Crippen molar-refractivity contribution in [3.63, 3.8) is 0 Å². The lowest BCUT2D eigenvalue weighted by molar-refractivity contribution is -0.132. The first kappa shape index (κ1) is 11.6. The van der Waals surface area contributed by atoms with Gasteiger partial charge in [-0.1, -0.05) is 11.6 Å². The van der Waals surface area contributed by atoms with E-state index < -0.39 is 11.5 Å². The molecule has 1 aliphatic heterocycles. The van der Waals surface area contributed by atoms with Gasteiger partial charge in [-0.05, 0) is 25.7 Å². The molecule has 2 atom stereocenters. The summed E-state index contributed by atoms with van der Waals surface area (Å²) in [5.41, 5.74) is -2.37. The monoisotopic (exact) mass is 248 g/mol. The molecule has 0 aromatic heterocycles. The van der Waals surface area contributed by atoms with Gasteiger partial charge >= 0.3 is 0 Å². The summed E-state index contributed by atoms with van der Waals surface area (Å²) in [6.07, 6.45) is 3.62. The molecule has 1 saturated carbocycles. The number of rotatable bonds is 2. The maximum atomic E-state index is 12.6. The van der Waals surface area contributed by atoms with E-state index in [0.29, 0.717) is 12.8 Å². The highest BCUT2D eigenvalue weighted by Crippen LogP contribution is 2.38. The van der Waals surface area contributed by atoms with E-state index in [2.05, 4.69) is 10.6 Å². The van der Waals surface area contributed by atoms with Crippen LogP contribution in [0.25, 0.3) is 0 Å². The van der Waals surface area contributed by atoms with Crippen molar-refractivity contribution >= 4 is 23.4 Å². The van der Waals surface area contributed by atoms with Crippen molar-refractivity contribution in [3.8, 4) is 0 Å². The van der Waals surface area contributed by atoms with Gasteiger partial charge in [0, 0.05) is 6.42 Å². The topological polar surface area (TPSA) is 58.2 Å². The van der Waals surface area contributed by atoms with Gasteiger partial charge in [-0.2, -0.15) is 0 Å². The van der Waals surface area contributed by atoms with Gasteiger partial charge in [0.25, 0.3) is 11.5 Å². The van der Waals surface area contributed by atoms with E-state index >= 15 is 0 Å². The Labute approximate surface area is 97.9 Å². The van der Waals surface area contributed by atoms with E-state index in [1.807, 2.05) is 0 Å². The first-order chi connectivity index (χ1) is 7.53. The zero-order valence-corrected chi connectivity index (χ0v) is 9.52. The lowest BCUT2D eigenvalue weighted by atomic mass is 9.68. The van der Waals surface area contributed by atoms with Crippen LogP contribution >= 0.6 is 11.6 Å². The van der Waals surface area contributed by atoms with Gasteiger partial charge in [0.1, 0.15) is 0 Å². The predicted octanol–water partition coefficient (Wildman–Crippen LogP) is 0.838. The summed E-state index contributed by atoms with van der Waals surface area (Å²) in [6.45, 7) is 0. The van der Waals surface area contributed by atoms with Crippen LogP contribution < -0.4 is 10.6 Å². The van der Waals surface area contributed by atoms with Crippen LogP contribution in [-0.4, -0.2) is 29.0 Å². The van der Waals surface area contributed by atoms with E-state index in [0.717, 1.165) is 19.3 Å². The number of carbonyl (C=O) groups excluding carboxylic acids is 2. The van der Waals surface area contributed by atoms with Gasteiger partial charge in [0.2, 0.25) is 5.91 Å². The highest BCUT2D eigenvalue weighted by atomic mass is 35.5. The van der Waals surface area contributed by atoms with Gasteiger partial charge in [0.05, 0.1) is 11.6 Å². The Balaban J connectivity index is 2.02. The first-order valence-corrected chi connectivity index (χ1v) is 5.87. The second kappa shape index (κ2) is 4.20. The fourth-order valence-electron chi connectivity index (χ4n) is 2.46. The molecule has 4 nitrogen and oxygen atoms in total. The summed E-state index contributed by atoms with van der Waals surface area (Å²) in [5, 5.41) is 5.48. The molecular formula is C10H14ClFN2O2. The van der Waals surface area contributed by atoms with Crippen LogP contribution in [0.2, 0.25) is 0 Å². The normalized spacial score (nSPS) is 29.1. The van der Waals surface area contributed by atoms with Crippen molar-refractivity contribution in [1.29, 1.82) is 0 Å². The molecule has 2 fully saturated rings. The summed E-state index contributed by atoms with van der Waals surface area (Å²) >= 11 is 5.06. The molecule has 2 amide bonds. The highest BCUT2D eigenvalue weighted by molar-refractivity contribution is 6.29. The lowest BCUT2D eigenvalue weighted by Gasteiger charge is -2.50. The van der Waals surface area contributed by atoms with Crippen LogP contribution in [0.3, 0.4) is 0 Å². The summed E-state index contributed by atoms with van der Waals surface area (Å²) in [6, 6.07) is -0.191. The third-order valence-corrected chi connectivity index (χ3v) is 3.67. The Morgan fingerprint density at radius 2 is 2.31 bits per heavy atom. The summed E-state index contributed by atoms with van der Waals surface area (Å²) in [7, 11) is 0. The van der Waals surface area contributed by atoms with Gasteiger partial charge in [0.15, 0.2) is 0 Å². The van der Waals surface area contributed by atoms with E-state index in [9.17, 15) is 14.0 Å². The minimum absolute atomic E-state index is 0.00729. The van der Waals surface area contributed by atoms with E-state index in [1.165, 1.54) is 0 Å². The highest BCUT2D eigenvalue weighted by Gasteiger charge is 2.48. The summed E-state index contributed by atoms with van der Waals surface area (Å²) in [5.74, 6) is -0.804. The van der Waals surface area contributed by atoms with Crippen molar-refractivity contribution in [1.82, 2.24) is 10.6 Å². The van der Waals surface area contributed by atoms with Crippen LogP contribution in [-0.2, 0) is 9.59 Å². The minimum Gasteiger partial charge on any atom is -0.349 e. The minimum atomic E-state index is -2.02. The zero-order chi connectivity index (χ0) is 11.8. The fourth-order valence-corrected chi connectivity index (χ4v) is 2.52. The predicted molar refractivity (Wildman–Crippen MR) is 56.6 cm³/mol. The van der Waals surface area contributed by atoms with Gasteiger partial charge in [-0.3, -0.25) is 9.59 Å². The second-order valence-corrected chi connectivity index (χ2v) is 4.84. The van der Waals surface area contributed by atoms with Crippen molar-refractivity contribution in [2.75, 3.05) is 0 Å². The average molecular weight is 249 g/mol. The number of halogens is 2. The number of nitrogens with one attached hydrogen (secondary N) is 2. The van der Waals surface area contributed by atoms with E-state index in [-0.39, 0.29) is 17.5 Å². The van der Waals surface area contributed by atoms with Crippen LogP contribution in [0.15, 0.2) is 0 Å². The first-order valence-electron chi connectivity index (χ1n) is 5.43. The zero-order valence-electron chi connectivity index (χ0n) is 8.76. The molecule has 2 aliphatic rings. The lowest BCUT2D eigenvalue weighted by Crippen LogP contribution is -2.68. The Kier molecular flexibility index (Phi) is 3.06. The number of amides is 2. The SMILES string of the molecule is O=C1CCC(NC(=O)C(F)Cl)C2(CCC2)N1. The Bertz CT molecular complexity index is 318. The molecule has 0 bridgehead atoms. The third kappa shape index (κ3) is 2.00. The standard InChI is InChI=1S/C10H14ClFN2O2/c11-8(12)9(16)13-6-2-3-7(15)14-10(6)4-1-5-10/h6,8H,1-5H2,(H,13,16)(H,14,15). The Morgan fingerprint density at radius 3 is 2.81 bits per heavy atom. The number of hydrogen-bond acceptors (Lipinski definition) is 2. The smallest absolute Gasteiger partial charge is 0.270 e. The number of hydrogen-bond donors (Lipinski definition) is 2. The quantitative estimate of drug-likeness (QED) is 0.712. The number of carbonyl (C=O) groups is 2. The molecule has 0 aromatic rings. The molecule has 2 N–H and O–H groups in total. The number of piperidine rings is 1. The van der Waals surface area contributed by atoms with Crippen molar-refractivity contribution < 1.29 is 14.0 Å². The molecule has 1 heterocycles. The van der Waals surface area contributed by atoms with Gasteiger partial charge < -0.3 is 10.6 Å². The third-order valence-electron chi connectivity index (χ3n) is 3.48. The largest absolute Gasteiger partial charge is 0.349 e.